The van der Waals surface area contributed by atoms with Gasteiger partial charge in [-0.25, -0.2) is 15.0 Å². The predicted molar refractivity (Wildman–Crippen MR) is 225 cm³/mol. The minimum atomic E-state index is -0.379. The van der Waals surface area contributed by atoms with Crippen molar-refractivity contribution in [1.82, 2.24) is 15.0 Å². The zero-order valence-electron chi connectivity index (χ0n) is 30.1. The van der Waals surface area contributed by atoms with Gasteiger partial charge in [0.25, 0.3) is 0 Å². The quantitative estimate of drug-likeness (QED) is 0.182. The lowest BCUT2D eigenvalue weighted by molar-refractivity contribution is 0.669. The summed E-state index contributed by atoms with van der Waals surface area (Å²) in [7, 11) is 0. The number of nitrogens with zero attached hydrogens (tertiary/aromatic N) is 3. The molecular formula is C52H31N3O. The van der Waals surface area contributed by atoms with Crippen molar-refractivity contribution in [3.63, 3.8) is 0 Å². The molecule has 12 rings (SSSR count). The summed E-state index contributed by atoms with van der Waals surface area (Å²) < 4.78 is 6.24. The van der Waals surface area contributed by atoms with E-state index in [1.165, 1.54) is 50.1 Å². The molecule has 0 bridgehead atoms. The molecule has 2 aliphatic rings. The molecule has 0 saturated carbocycles. The molecule has 0 aliphatic heterocycles. The maximum atomic E-state index is 6.24. The fourth-order valence-electron chi connectivity index (χ4n) is 9.30. The van der Waals surface area contributed by atoms with Crippen molar-refractivity contribution >= 4 is 21.9 Å². The standard InChI is InChI=1S/C52H31N3O/c1-2-12-33(13-3-1)49-53-50(55-51(54-49)36-27-29-42-41-17-7-11-21-47(41)56-48(42)31-36)34-24-22-32(23-25-34)35-26-28-40-39-16-6-10-20-45(39)52(46(40)30-35)43-18-8-4-14-37(43)38-15-5-9-19-44(38)52/h1-31H. The van der Waals surface area contributed by atoms with Gasteiger partial charge in [0, 0.05) is 27.5 Å². The molecule has 2 aromatic heterocycles. The van der Waals surface area contributed by atoms with Crippen LogP contribution in [0.15, 0.2) is 192 Å². The summed E-state index contributed by atoms with van der Waals surface area (Å²) in [5.74, 6) is 1.84. The highest BCUT2D eigenvalue weighted by molar-refractivity contribution is 6.05. The maximum Gasteiger partial charge on any atom is 0.164 e. The molecule has 4 nitrogen and oxygen atoms in total. The summed E-state index contributed by atoms with van der Waals surface area (Å²) in [6.45, 7) is 0. The molecule has 260 valence electrons. The molecule has 0 unspecified atom stereocenters. The number of hydrogen-bond donors (Lipinski definition) is 0. The number of aromatic nitrogens is 3. The van der Waals surface area contributed by atoms with Gasteiger partial charge in [-0.2, -0.15) is 0 Å². The van der Waals surface area contributed by atoms with Gasteiger partial charge in [-0.3, -0.25) is 0 Å². The molecular weight excluding hydrogens is 683 g/mol. The summed E-state index contributed by atoms with van der Waals surface area (Å²) in [4.78, 5) is 15.1. The highest BCUT2D eigenvalue weighted by Crippen LogP contribution is 2.63. The van der Waals surface area contributed by atoms with E-state index >= 15 is 0 Å². The highest BCUT2D eigenvalue weighted by Gasteiger charge is 2.51. The van der Waals surface area contributed by atoms with Gasteiger partial charge in [-0.05, 0) is 79.9 Å². The average Bonchev–Trinajstić information content (AvgIpc) is 3.90. The van der Waals surface area contributed by atoms with Gasteiger partial charge >= 0.3 is 0 Å². The van der Waals surface area contributed by atoms with Crippen molar-refractivity contribution in [2.24, 2.45) is 0 Å². The topological polar surface area (TPSA) is 51.8 Å². The van der Waals surface area contributed by atoms with E-state index in [4.69, 9.17) is 19.4 Å². The molecule has 56 heavy (non-hydrogen) atoms. The van der Waals surface area contributed by atoms with Crippen LogP contribution in [0.4, 0.5) is 0 Å². The van der Waals surface area contributed by atoms with E-state index < -0.39 is 0 Å². The Labute approximate surface area is 323 Å². The van der Waals surface area contributed by atoms with Gasteiger partial charge in [0.2, 0.25) is 0 Å². The highest BCUT2D eigenvalue weighted by atomic mass is 16.3. The van der Waals surface area contributed by atoms with Crippen molar-refractivity contribution in [2.75, 3.05) is 0 Å². The lowest BCUT2D eigenvalue weighted by atomic mass is 9.70. The number of furan rings is 1. The Morgan fingerprint density at radius 1 is 0.304 bits per heavy atom. The number of para-hydroxylation sites is 1. The molecule has 8 aromatic carbocycles. The minimum Gasteiger partial charge on any atom is -0.456 e. The van der Waals surface area contributed by atoms with E-state index in [1.807, 2.05) is 54.6 Å². The Morgan fingerprint density at radius 3 is 1.43 bits per heavy atom. The smallest absolute Gasteiger partial charge is 0.164 e. The van der Waals surface area contributed by atoms with Crippen LogP contribution in [0, 0.1) is 0 Å². The van der Waals surface area contributed by atoms with Crippen LogP contribution < -0.4 is 0 Å². The average molecular weight is 714 g/mol. The normalized spacial score (nSPS) is 13.1. The minimum absolute atomic E-state index is 0.379. The molecule has 0 radical (unpaired) electrons. The zero-order chi connectivity index (χ0) is 36.8. The first kappa shape index (κ1) is 31.0. The van der Waals surface area contributed by atoms with Crippen LogP contribution in [-0.4, -0.2) is 15.0 Å². The Balaban J connectivity index is 0.975. The first-order chi connectivity index (χ1) is 27.7. The molecule has 0 saturated heterocycles. The molecule has 0 amide bonds. The van der Waals surface area contributed by atoms with Crippen LogP contribution in [0.1, 0.15) is 22.3 Å². The monoisotopic (exact) mass is 713 g/mol. The van der Waals surface area contributed by atoms with Crippen molar-refractivity contribution in [3.05, 3.63) is 210 Å². The summed E-state index contributed by atoms with van der Waals surface area (Å²) in [5, 5.41) is 2.16. The molecule has 2 heterocycles. The lowest BCUT2D eigenvalue weighted by Gasteiger charge is -2.30. The Bertz CT molecular complexity index is 3130. The van der Waals surface area contributed by atoms with Crippen LogP contribution in [0.25, 0.3) is 89.5 Å². The van der Waals surface area contributed by atoms with Crippen LogP contribution in [0.5, 0.6) is 0 Å². The van der Waals surface area contributed by atoms with E-state index in [1.54, 1.807) is 0 Å². The first-order valence-corrected chi connectivity index (χ1v) is 19.0. The Hall–Kier alpha value is -7.43. The summed E-state index contributed by atoms with van der Waals surface area (Å²) in [5.41, 5.74) is 16.9. The number of hydrogen-bond acceptors (Lipinski definition) is 4. The van der Waals surface area contributed by atoms with Crippen LogP contribution >= 0.6 is 0 Å². The van der Waals surface area contributed by atoms with Crippen LogP contribution in [-0.2, 0) is 5.41 Å². The van der Waals surface area contributed by atoms with Gasteiger partial charge in [0.05, 0.1) is 5.41 Å². The molecule has 0 atom stereocenters. The van der Waals surface area contributed by atoms with E-state index in [0.29, 0.717) is 17.5 Å². The van der Waals surface area contributed by atoms with Gasteiger partial charge in [0.15, 0.2) is 17.5 Å². The van der Waals surface area contributed by atoms with E-state index in [9.17, 15) is 0 Å². The molecule has 0 fully saturated rings. The van der Waals surface area contributed by atoms with Crippen LogP contribution in [0.3, 0.4) is 0 Å². The molecule has 4 heteroatoms. The first-order valence-electron chi connectivity index (χ1n) is 19.0. The molecule has 10 aromatic rings. The Kier molecular flexibility index (Phi) is 6.52. The second kappa shape index (κ2) is 11.8. The van der Waals surface area contributed by atoms with Crippen molar-refractivity contribution < 1.29 is 4.42 Å². The van der Waals surface area contributed by atoms with Gasteiger partial charge in [0.1, 0.15) is 11.2 Å². The summed E-state index contributed by atoms with van der Waals surface area (Å²) in [6, 6.07) is 66.9. The number of fused-ring (bicyclic) bond motifs is 13. The predicted octanol–water partition coefficient (Wildman–Crippen LogP) is 12.8. The summed E-state index contributed by atoms with van der Waals surface area (Å²) in [6.07, 6.45) is 0. The fourth-order valence-corrected chi connectivity index (χ4v) is 9.30. The van der Waals surface area contributed by atoms with Crippen molar-refractivity contribution in [1.29, 1.82) is 0 Å². The maximum absolute atomic E-state index is 6.24. The zero-order valence-corrected chi connectivity index (χ0v) is 30.1. The van der Waals surface area contributed by atoms with Crippen molar-refractivity contribution in [2.45, 2.75) is 5.41 Å². The number of benzene rings is 8. The SMILES string of the molecule is c1ccc(-c2nc(-c3ccc(-c4ccc5c(c4)C4(c6ccccc6-c6ccccc64)c4ccccc4-5)cc3)nc(-c3ccc4c(c3)oc3ccccc34)n2)cc1. The molecule has 0 N–H and O–H groups in total. The third kappa shape index (κ3) is 4.38. The Morgan fingerprint density at radius 2 is 0.768 bits per heavy atom. The van der Waals surface area contributed by atoms with E-state index in [2.05, 4.69) is 133 Å². The van der Waals surface area contributed by atoms with E-state index in [-0.39, 0.29) is 5.41 Å². The molecule has 1 spiro atoms. The fraction of sp³-hybridized carbons (Fsp3) is 0.0192. The second-order valence-electron chi connectivity index (χ2n) is 14.7. The largest absolute Gasteiger partial charge is 0.456 e. The third-order valence-corrected chi connectivity index (χ3v) is 11.8. The van der Waals surface area contributed by atoms with Gasteiger partial charge in [-0.15, -0.1) is 0 Å². The van der Waals surface area contributed by atoms with Crippen LogP contribution in [0.2, 0.25) is 0 Å². The van der Waals surface area contributed by atoms with Gasteiger partial charge < -0.3 is 4.42 Å². The number of rotatable bonds is 4. The summed E-state index contributed by atoms with van der Waals surface area (Å²) >= 11 is 0. The van der Waals surface area contributed by atoms with Gasteiger partial charge in [-0.1, -0.05) is 164 Å². The third-order valence-electron chi connectivity index (χ3n) is 11.8. The van der Waals surface area contributed by atoms with E-state index in [0.717, 1.165) is 44.2 Å². The molecule has 2 aliphatic carbocycles. The van der Waals surface area contributed by atoms with Crippen molar-refractivity contribution in [3.8, 4) is 67.5 Å². The second-order valence-corrected chi connectivity index (χ2v) is 14.7. The lowest BCUT2D eigenvalue weighted by Crippen LogP contribution is -2.25.